The Labute approximate surface area is 96.3 Å². The molecule has 1 heterocycles. The Morgan fingerprint density at radius 2 is 1.71 bits per heavy atom. The van der Waals surface area contributed by atoms with Crippen LogP contribution in [0, 0.1) is 0 Å². The van der Waals surface area contributed by atoms with Crippen LogP contribution in [0.15, 0.2) is 0 Å². The van der Waals surface area contributed by atoms with Crippen molar-refractivity contribution >= 4 is 40.5 Å². The van der Waals surface area contributed by atoms with E-state index in [0.29, 0.717) is 10.7 Å². The Morgan fingerprint density at radius 3 is 2.21 bits per heavy atom. The molecule has 76 valence electrons. The number of hydrogen-bond acceptors (Lipinski definition) is 3. The molecule has 0 unspecified atom stereocenters. The lowest BCUT2D eigenvalue weighted by Gasteiger charge is -2.13. The van der Waals surface area contributed by atoms with Gasteiger partial charge in [0.2, 0.25) is 0 Å². The highest BCUT2D eigenvalue weighted by atomic mass is 35.5. The van der Waals surface area contributed by atoms with Crippen LogP contribution in [0.1, 0.15) is 18.5 Å². The Balaban J connectivity index is 2.62. The molecule has 1 aliphatic rings. The maximum Gasteiger partial charge on any atom is 0.150 e. The van der Waals surface area contributed by atoms with Gasteiger partial charge in [-0.1, -0.05) is 34.8 Å². The van der Waals surface area contributed by atoms with Crippen LogP contribution in [-0.4, -0.2) is 4.98 Å². The second kappa shape index (κ2) is 3.14. The summed E-state index contributed by atoms with van der Waals surface area (Å²) in [5.74, 6) is 0. The SMILES string of the molecule is Nc1c(Cl)c(Cl)nc(C2(N)CC2)c1Cl. The van der Waals surface area contributed by atoms with E-state index in [1.165, 1.54) is 0 Å². The van der Waals surface area contributed by atoms with Crippen molar-refractivity contribution in [3.05, 3.63) is 20.9 Å². The fraction of sp³-hybridized carbons (Fsp3) is 0.375. The quantitative estimate of drug-likeness (QED) is 0.755. The maximum atomic E-state index is 5.98. The first-order valence-corrected chi connectivity index (χ1v) is 5.18. The summed E-state index contributed by atoms with van der Waals surface area (Å²) in [5, 5.41) is 0.657. The van der Waals surface area contributed by atoms with Crippen molar-refractivity contribution in [3.8, 4) is 0 Å². The van der Waals surface area contributed by atoms with Crippen molar-refractivity contribution in [2.24, 2.45) is 5.73 Å². The van der Waals surface area contributed by atoms with Crippen molar-refractivity contribution in [2.45, 2.75) is 18.4 Å². The molecule has 0 atom stereocenters. The van der Waals surface area contributed by atoms with Crippen LogP contribution < -0.4 is 11.5 Å². The molecule has 0 saturated heterocycles. The van der Waals surface area contributed by atoms with Crippen molar-refractivity contribution in [3.63, 3.8) is 0 Å². The lowest BCUT2D eigenvalue weighted by Crippen LogP contribution is -2.21. The van der Waals surface area contributed by atoms with Gasteiger partial charge in [-0.25, -0.2) is 4.98 Å². The number of halogens is 3. The van der Waals surface area contributed by atoms with Crippen LogP contribution in [-0.2, 0) is 5.54 Å². The zero-order chi connectivity index (χ0) is 10.5. The highest BCUT2D eigenvalue weighted by molar-refractivity contribution is 6.45. The molecule has 0 spiro atoms. The van der Waals surface area contributed by atoms with Crippen molar-refractivity contribution in [2.75, 3.05) is 5.73 Å². The minimum absolute atomic E-state index is 0.153. The second-order valence-electron chi connectivity index (χ2n) is 3.45. The van der Waals surface area contributed by atoms with Gasteiger partial charge in [0.25, 0.3) is 0 Å². The fourth-order valence-corrected chi connectivity index (χ4v) is 1.93. The monoisotopic (exact) mass is 251 g/mol. The molecule has 0 aliphatic heterocycles. The highest BCUT2D eigenvalue weighted by Gasteiger charge is 2.44. The molecular weight excluding hydrogens is 244 g/mol. The second-order valence-corrected chi connectivity index (χ2v) is 4.56. The van der Waals surface area contributed by atoms with Gasteiger partial charge in [-0.3, -0.25) is 0 Å². The van der Waals surface area contributed by atoms with Gasteiger partial charge in [-0.15, -0.1) is 0 Å². The van der Waals surface area contributed by atoms with Gasteiger partial charge in [-0.2, -0.15) is 0 Å². The van der Waals surface area contributed by atoms with Gasteiger partial charge in [0.05, 0.1) is 21.9 Å². The predicted molar refractivity (Wildman–Crippen MR) is 58.8 cm³/mol. The molecule has 6 heteroatoms. The number of hydrogen-bond donors (Lipinski definition) is 2. The van der Waals surface area contributed by atoms with Gasteiger partial charge >= 0.3 is 0 Å². The van der Waals surface area contributed by atoms with E-state index in [0.717, 1.165) is 12.8 Å². The molecule has 14 heavy (non-hydrogen) atoms. The third-order valence-corrected chi connectivity index (χ3v) is 3.47. The Hall–Kier alpha value is -0.220. The number of nitrogen functional groups attached to an aromatic ring is 1. The third kappa shape index (κ3) is 1.44. The van der Waals surface area contributed by atoms with E-state index >= 15 is 0 Å². The molecule has 3 nitrogen and oxygen atoms in total. The van der Waals surface area contributed by atoms with Crippen molar-refractivity contribution in [1.29, 1.82) is 0 Å². The van der Waals surface area contributed by atoms with Gasteiger partial charge in [-0.05, 0) is 12.8 Å². The highest BCUT2D eigenvalue weighted by Crippen LogP contribution is 2.47. The number of nitrogens with zero attached hydrogens (tertiary/aromatic N) is 1. The number of rotatable bonds is 1. The van der Waals surface area contributed by atoms with E-state index in [1.807, 2.05) is 0 Å². The molecule has 1 aromatic heterocycles. The Bertz CT molecular complexity index is 401. The number of anilines is 1. The minimum atomic E-state index is -0.459. The molecule has 0 bridgehead atoms. The topological polar surface area (TPSA) is 64.9 Å². The van der Waals surface area contributed by atoms with E-state index in [9.17, 15) is 0 Å². The average Bonchev–Trinajstić information content (AvgIpc) is 2.87. The zero-order valence-corrected chi connectivity index (χ0v) is 9.42. The summed E-state index contributed by atoms with van der Waals surface area (Å²) in [7, 11) is 0. The molecule has 1 fully saturated rings. The molecule has 2 rings (SSSR count). The predicted octanol–water partition coefficient (Wildman–Crippen LogP) is 2.57. The Kier molecular flexibility index (Phi) is 2.31. The number of aromatic nitrogens is 1. The van der Waals surface area contributed by atoms with E-state index in [4.69, 9.17) is 46.3 Å². The summed E-state index contributed by atoms with van der Waals surface area (Å²) >= 11 is 17.6. The van der Waals surface area contributed by atoms with E-state index in [-0.39, 0.29) is 15.9 Å². The molecular formula is C8H8Cl3N3. The molecule has 1 aromatic rings. The summed E-state index contributed by atoms with van der Waals surface area (Å²) in [6.45, 7) is 0. The summed E-state index contributed by atoms with van der Waals surface area (Å²) in [6.07, 6.45) is 1.69. The normalized spacial score (nSPS) is 18.3. The van der Waals surface area contributed by atoms with Gasteiger partial charge in [0, 0.05) is 0 Å². The summed E-state index contributed by atoms with van der Waals surface area (Å²) in [6, 6.07) is 0. The van der Waals surface area contributed by atoms with E-state index < -0.39 is 5.54 Å². The maximum absolute atomic E-state index is 5.98. The van der Waals surface area contributed by atoms with Crippen LogP contribution in [0.3, 0.4) is 0 Å². The van der Waals surface area contributed by atoms with Crippen LogP contribution in [0.4, 0.5) is 5.69 Å². The van der Waals surface area contributed by atoms with Crippen LogP contribution in [0.5, 0.6) is 0 Å². The molecule has 4 N–H and O–H groups in total. The fourth-order valence-electron chi connectivity index (χ4n) is 1.23. The van der Waals surface area contributed by atoms with Gasteiger partial charge in [0.15, 0.2) is 0 Å². The van der Waals surface area contributed by atoms with Crippen molar-refractivity contribution < 1.29 is 0 Å². The van der Waals surface area contributed by atoms with Crippen LogP contribution >= 0.6 is 34.8 Å². The van der Waals surface area contributed by atoms with E-state index in [1.54, 1.807) is 0 Å². The first-order valence-electron chi connectivity index (χ1n) is 4.05. The third-order valence-electron chi connectivity index (χ3n) is 2.33. The summed E-state index contributed by atoms with van der Waals surface area (Å²) < 4.78 is 0. The standard InChI is InChI=1S/C8H8Cl3N3/c9-3-5(12)4(10)7(11)14-6(3)8(13)1-2-8/h1-2,13H2,(H2,12,14). The largest absolute Gasteiger partial charge is 0.396 e. The number of nitrogens with two attached hydrogens (primary N) is 2. The van der Waals surface area contributed by atoms with Crippen LogP contribution in [0.2, 0.25) is 15.2 Å². The zero-order valence-electron chi connectivity index (χ0n) is 7.15. The first kappa shape index (κ1) is 10.3. The number of pyridine rings is 1. The van der Waals surface area contributed by atoms with E-state index in [2.05, 4.69) is 4.98 Å². The minimum Gasteiger partial charge on any atom is -0.396 e. The molecule has 0 radical (unpaired) electrons. The first-order chi connectivity index (χ1) is 6.46. The van der Waals surface area contributed by atoms with Crippen molar-refractivity contribution in [1.82, 2.24) is 4.98 Å². The molecule has 1 aliphatic carbocycles. The van der Waals surface area contributed by atoms with Crippen LogP contribution in [0.25, 0.3) is 0 Å². The summed E-state index contributed by atoms with van der Waals surface area (Å²) in [4.78, 5) is 4.06. The molecule has 0 aromatic carbocycles. The lowest BCUT2D eigenvalue weighted by atomic mass is 10.1. The molecule has 1 saturated carbocycles. The average molecular weight is 253 g/mol. The Morgan fingerprint density at radius 1 is 1.14 bits per heavy atom. The molecule has 0 amide bonds. The van der Waals surface area contributed by atoms with Gasteiger partial charge in [0.1, 0.15) is 10.2 Å². The summed E-state index contributed by atoms with van der Waals surface area (Å²) in [5.41, 5.74) is 12.0. The van der Waals surface area contributed by atoms with Gasteiger partial charge < -0.3 is 11.5 Å². The lowest BCUT2D eigenvalue weighted by molar-refractivity contribution is 0.709. The smallest absolute Gasteiger partial charge is 0.150 e.